The summed E-state index contributed by atoms with van der Waals surface area (Å²) in [5.74, 6) is 5.38. The fraction of sp³-hybridized carbons (Fsp3) is 0. The predicted octanol–water partition coefficient (Wildman–Crippen LogP) is 2.23. The molecule has 0 fully saturated rings. The first-order valence-corrected chi connectivity index (χ1v) is 5.81. The molecule has 1 heterocycles. The summed E-state index contributed by atoms with van der Waals surface area (Å²) in [5.41, 5.74) is 1.85. The maximum absolute atomic E-state index is 10.9. The van der Waals surface area contributed by atoms with Crippen LogP contribution >= 0.6 is 15.9 Å². The number of halogens is 1. The number of ether oxygens (including phenoxy) is 1. The van der Waals surface area contributed by atoms with E-state index in [4.69, 9.17) is 10.6 Å². The van der Waals surface area contributed by atoms with Gasteiger partial charge in [0.2, 0.25) is 5.95 Å². The molecule has 1 aromatic heterocycles. The highest BCUT2D eigenvalue weighted by Crippen LogP contribution is 2.33. The average molecular weight is 326 g/mol. The van der Waals surface area contributed by atoms with E-state index in [1.807, 2.05) is 0 Å². The molecule has 0 saturated heterocycles. The van der Waals surface area contributed by atoms with Crippen LogP contribution in [0.4, 0.5) is 11.6 Å². The molecule has 3 N–H and O–H groups in total. The van der Waals surface area contributed by atoms with Gasteiger partial charge in [-0.25, -0.2) is 10.8 Å². The third kappa shape index (κ3) is 2.95. The van der Waals surface area contributed by atoms with Crippen LogP contribution in [-0.4, -0.2) is 14.9 Å². The fourth-order valence-corrected chi connectivity index (χ4v) is 1.63. The Morgan fingerprint density at radius 3 is 2.79 bits per heavy atom. The van der Waals surface area contributed by atoms with E-state index < -0.39 is 4.92 Å². The highest BCUT2D eigenvalue weighted by molar-refractivity contribution is 9.10. The zero-order chi connectivity index (χ0) is 13.8. The standard InChI is InChI=1S/C10H8BrN5O3/c11-6-3-1-2-4-8(6)19-9-7(16(17)18)5-13-10(14-9)15-12/h1-5H,12H2,(H,13,14,15). The minimum absolute atomic E-state index is 0.0210. The Morgan fingerprint density at radius 1 is 1.42 bits per heavy atom. The van der Waals surface area contributed by atoms with Gasteiger partial charge in [0.25, 0.3) is 0 Å². The second-order valence-electron chi connectivity index (χ2n) is 3.32. The van der Waals surface area contributed by atoms with E-state index in [1.54, 1.807) is 24.3 Å². The molecule has 0 atom stereocenters. The fourth-order valence-electron chi connectivity index (χ4n) is 1.26. The van der Waals surface area contributed by atoms with E-state index in [0.717, 1.165) is 6.20 Å². The van der Waals surface area contributed by atoms with Gasteiger partial charge in [-0.15, -0.1) is 0 Å². The first kappa shape index (κ1) is 13.2. The molecule has 8 nitrogen and oxygen atoms in total. The van der Waals surface area contributed by atoms with Crippen molar-refractivity contribution in [1.82, 2.24) is 9.97 Å². The van der Waals surface area contributed by atoms with Crippen molar-refractivity contribution in [1.29, 1.82) is 0 Å². The number of anilines is 1. The van der Waals surface area contributed by atoms with Gasteiger partial charge in [-0.3, -0.25) is 15.5 Å². The van der Waals surface area contributed by atoms with Crippen molar-refractivity contribution in [2.75, 3.05) is 5.43 Å². The lowest BCUT2D eigenvalue weighted by Gasteiger charge is -2.07. The molecule has 0 spiro atoms. The van der Waals surface area contributed by atoms with Gasteiger partial charge >= 0.3 is 11.6 Å². The topological polar surface area (TPSA) is 116 Å². The molecule has 0 aliphatic heterocycles. The smallest absolute Gasteiger partial charge is 0.349 e. The number of hydrazine groups is 1. The summed E-state index contributed by atoms with van der Waals surface area (Å²) in [6.07, 6.45) is 1.02. The molecule has 0 radical (unpaired) electrons. The van der Waals surface area contributed by atoms with E-state index in [9.17, 15) is 10.1 Å². The van der Waals surface area contributed by atoms with E-state index in [2.05, 4.69) is 31.3 Å². The largest absolute Gasteiger partial charge is 0.432 e. The number of nitro groups is 1. The molecule has 0 saturated carbocycles. The normalized spacial score (nSPS) is 10.0. The quantitative estimate of drug-likeness (QED) is 0.502. The number of rotatable bonds is 4. The number of nitrogens with zero attached hydrogens (tertiary/aromatic N) is 3. The SMILES string of the molecule is NNc1ncc([N+](=O)[O-])c(Oc2ccccc2Br)n1. The van der Waals surface area contributed by atoms with Crippen molar-refractivity contribution in [2.24, 2.45) is 5.84 Å². The summed E-state index contributed by atoms with van der Waals surface area (Å²) in [7, 11) is 0. The summed E-state index contributed by atoms with van der Waals surface area (Å²) in [5, 5.41) is 10.9. The number of aromatic nitrogens is 2. The predicted molar refractivity (Wildman–Crippen MR) is 70.7 cm³/mol. The van der Waals surface area contributed by atoms with Gasteiger partial charge in [-0.05, 0) is 28.1 Å². The summed E-state index contributed by atoms with van der Waals surface area (Å²) < 4.78 is 6.05. The van der Waals surface area contributed by atoms with Crippen molar-refractivity contribution in [3.8, 4) is 11.6 Å². The number of nitrogens with one attached hydrogen (secondary N) is 1. The van der Waals surface area contributed by atoms with E-state index >= 15 is 0 Å². The molecule has 19 heavy (non-hydrogen) atoms. The van der Waals surface area contributed by atoms with E-state index in [0.29, 0.717) is 10.2 Å². The minimum atomic E-state index is -0.632. The molecule has 2 rings (SSSR count). The first-order valence-electron chi connectivity index (χ1n) is 5.02. The van der Waals surface area contributed by atoms with Crippen LogP contribution in [0.1, 0.15) is 0 Å². The summed E-state index contributed by atoms with van der Waals surface area (Å²) in [4.78, 5) is 17.7. The Balaban J connectivity index is 2.43. The molecular formula is C10H8BrN5O3. The molecule has 9 heteroatoms. The lowest BCUT2D eigenvalue weighted by Crippen LogP contribution is -2.11. The number of benzene rings is 1. The average Bonchev–Trinajstić information content (AvgIpc) is 2.41. The lowest BCUT2D eigenvalue weighted by molar-refractivity contribution is -0.386. The highest BCUT2D eigenvalue weighted by Gasteiger charge is 2.20. The van der Waals surface area contributed by atoms with Crippen molar-refractivity contribution in [3.05, 3.63) is 45.0 Å². The van der Waals surface area contributed by atoms with Crippen LogP contribution in [0.5, 0.6) is 11.6 Å². The van der Waals surface area contributed by atoms with Crippen LogP contribution in [-0.2, 0) is 0 Å². The number of nitrogen functional groups attached to an aromatic ring is 1. The zero-order valence-corrected chi connectivity index (χ0v) is 11.0. The van der Waals surface area contributed by atoms with Crippen molar-refractivity contribution in [3.63, 3.8) is 0 Å². The van der Waals surface area contributed by atoms with E-state index in [-0.39, 0.29) is 17.5 Å². The Morgan fingerprint density at radius 2 is 2.16 bits per heavy atom. The molecule has 0 bridgehead atoms. The molecular weight excluding hydrogens is 318 g/mol. The first-order chi connectivity index (χ1) is 9.11. The Kier molecular flexibility index (Phi) is 3.88. The number of nitrogens with two attached hydrogens (primary N) is 1. The molecule has 2 aromatic rings. The number of hydrogen-bond donors (Lipinski definition) is 2. The second kappa shape index (κ2) is 5.59. The van der Waals surface area contributed by atoms with Crippen LogP contribution in [0, 0.1) is 10.1 Å². The second-order valence-corrected chi connectivity index (χ2v) is 4.17. The zero-order valence-electron chi connectivity index (χ0n) is 9.41. The van der Waals surface area contributed by atoms with Crippen molar-refractivity contribution >= 4 is 27.6 Å². The summed E-state index contributed by atoms with van der Waals surface area (Å²) in [6.45, 7) is 0. The third-order valence-corrected chi connectivity index (χ3v) is 2.76. The van der Waals surface area contributed by atoms with Gasteiger partial charge in [0, 0.05) is 0 Å². The molecule has 98 valence electrons. The van der Waals surface area contributed by atoms with Crippen LogP contribution in [0.25, 0.3) is 0 Å². The molecule has 0 aliphatic rings. The van der Waals surface area contributed by atoms with Gasteiger partial charge in [-0.2, -0.15) is 4.98 Å². The molecule has 0 amide bonds. The number of para-hydroxylation sites is 1. The highest BCUT2D eigenvalue weighted by atomic mass is 79.9. The van der Waals surface area contributed by atoms with Crippen LogP contribution in [0.15, 0.2) is 34.9 Å². The monoisotopic (exact) mass is 325 g/mol. The Bertz CT molecular complexity index is 622. The number of hydrogen-bond acceptors (Lipinski definition) is 7. The van der Waals surface area contributed by atoms with Gasteiger partial charge in [0.1, 0.15) is 11.9 Å². The van der Waals surface area contributed by atoms with Gasteiger partial charge in [-0.1, -0.05) is 12.1 Å². The maximum Gasteiger partial charge on any atom is 0.349 e. The van der Waals surface area contributed by atoms with Gasteiger partial charge in [0.05, 0.1) is 9.40 Å². The molecule has 0 unspecified atom stereocenters. The van der Waals surface area contributed by atoms with Crippen LogP contribution in [0.2, 0.25) is 0 Å². The molecule has 1 aromatic carbocycles. The van der Waals surface area contributed by atoms with Crippen molar-refractivity contribution in [2.45, 2.75) is 0 Å². The summed E-state index contributed by atoms with van der Waals surface area (Å²) in [6, 6.07) is 6.91. The summed E-state index contributed by atoms with van der Waals surface area (Å²) >= 11 is 3.27. The lowest BCUT2D eigenvalue weighted by atomic mass is 10.3. The third-order valence-electron chi connectivity index (χ3n) is 2.10. The Hall–Kier alpha value is -2.26. The minimum Gasteiger partial charge on any atom is -0.432 e. The Labute approximate surface area is 115 Å². The maximum atomic E-state index is 10.9. The van der Waals surface area contributed by atoms with E-state index in [1.165, 1.54) is 0 Å². The van der Waals surface area contributed by atoms with Crippen molar-refractivity contribution < 1.29 is 9.66 Å². The van der Waals surface area contributed by atoms with Crippen LogP contribution in [0.3, 0.4) is 0 Å². The van der Waals surface area contributed by atoms with Crippen LogP contribution < -0.4 is 16.0 Å². The molecule has 0 aliphatic carbocycles. The van der Waals surface area contributed by atoms with Gasteiger partial charge in [0.15, 0.2) is 0 Å². The van der Waals surface area contributed by atoms with Gasteiger partial charge < -0.3 is 4.74 Å².